The minimum atomic E-state index is -1.29. The number of carboxylic acid groups (broad SMARTS) is 1. The Morgan fingerprint density at radius 1 is 1.40 bits per heavy atom. The van der Waals surface area contributed by atoms with Crippen LogP contribution in [0.5, 0.6) is 11.5 Å². The number of hydrogen-bond donors (Lipinski definition) is 3. The number of pyridine rings is 1. The Morgan fingerprint density at radius 2 is 2.12 bits per heavy atom. The third kappa shape index (κ3) is 3.39. The molecular formula is C16H16N2O7. The summed E-state index contributed by atoms with van der Waals surface area (Å²) in [5.74, 6) is -2.68. The molecule has 0 aliphatic heterocycles. The molecule has 0 aliphatic rings. The number of nitrogens with zero attached hydrogens (tertiary/aromatic N) is 1. The van der Waals surface area contributed by atoms with Crippen LogP contribution in [-0.4, -0.2) is 47.1 Å². The number of carbonyl (C=O) groups excluding carboxylic acids is 1. The zero-order valence-electron chi connectivity index (χ0n) is 13.3. The zero-order valence-corrected chi connectivity index (χ0v) is 13.3. The van der Waals surface area contributed by atoms with Gasteiger partial charge in [-0.25, -0.2) is 0 Å². The van der Waals surface area contributed by atoms with Crippen LogP contribution in [0.3, 0.4) is 0 Å². The number of amides is 1. The number of rotatable bonds is 7. The first-order chi connectivity index (χ1) is 11.9. The van der Waals surface area contributed by atoms with Crippen LogP contribution in [0.15, 0.2) is 35.6 Å². The molecule has 0 spiro atoms. The van der Waals surface area contributed by atoms with E-state index in [-0.39, 0.29) is 23.3 Å². The van der Waals surface area contributed by atoms with Crippen LogP contribution in [0.25, 0.3) is 10.9 Å². The summed E-state index contributed by atoms with van der Waals surface area (Å²) in [6, 6.07) is 4.58. The van der Waals surface area contributed by atoms with Crippen LogP contribution in [0.1, 0.15) is 10.4 Å². The molecule has 0 bridgehead atoms. The van der Waals surface area contributed by atoms with Gasteiger partial charge in [0.15, 0.2) is 5.56 Å². The van der Waals surface area contributed by atoms with Gasteiger partial charge in [0.05, 0.1) is 7.11 Å². The Balaban J connectivity index is 2.75. The number of carboxylic acids is 1. The lowest BCUT2D eigenvalue weighted by Gasteiger charge is -2.16. The number of ether oxygens (including phenoxy) is 1. The van der Waals surface area contributed by atoms with Crippen LogP contribution in [0, 0.1) is 0 Å². The minimum Gasteiger partial charge on any atom is -0.506 e. The number of aromatic nitrogens is 1. The highest BCUT2D eigenvalue weighted by Gasteiger charge is 2.25. The third-order valence-corrected chi connectivity index (χ3v) is 3.26. The molecule has 25 heavy (non-hydrogen) atoms. The fourth-order valence-electron chi connectivity index (χ4n) is 2.23. The van der Waals surface area contributed by atoms with Crippen molar-refractivity contribution in [2.24, 2.45) is 0 Å². The lowest BCUT2D eigenvalue weighted by Crippen LogP contribution is -2.37. The predicted octanol–water partition coefficient (Wildman–Crippen LogP) is 0.145. The van der Waals surface area contributed by atoms with Crippen molar-refractivity contribution in [3.05, 3.63) is 46.8 Å². The van der Waals surface area contributed by atoms with Gasteiger partial charge in [-0.15, -0.1) is 4.73 Å². The Bertz CT molecular complexity index is 901. The quantitative estimate of drug-likeness (QED) is 0.608. The fourth-order valence-corrected chi connectivity index (χ4v) is 2.23. The molecule has 0 fully saturated rings. The monoisotopic (exact) mass is 348 g/mol. The van der Waals surface area contributed by atoms with E-state index in [1.807, 2.05) is 5.32 Å². The minimum absolute atomic E-state index is 0.0476. The second-order valence-corrected chi connectivity index (χ2v) is 4.84. The first kappa shape index (κ1) is 17.9. The second kappa shape index (κ2) is 7.39. The summed E-state index contributed by atoms with van der Waals surface area (Å²) in [4.78, 5) is 40.7. The summed E-state index contributed by atoms with van der Waals surface area (Å²) in [6.07, 6.45) is 1.39. The molecule has 1 aromatic heterocycles. The molecule has 9 nitrogen and oxygen atoms in total. The molecule has 0 atom stereocenters. The maximum Gasteiger partial charge on any atom is 0.322 e. The standard InChI is InChI=1S/C16H16N2O7/c1-3-7-25-18-13-9(5-4-6-10(13)24-2)14(21)12(16(18)23)15(22)17-8-11(19)20/h3-6,21H,1,7-8H2,2H3,(H,17,22)(H,19,20). The van der Waals surface area contributed by atoms with E-state index in [0.717, 1.165) is 4.73 Å². The number of carbonyl (C=O) groups is 2. The molecule has 0 saturated carbocycles. The second-order valence-electron chi connectivity index (χ2n) is 4.84. The molecule has 9 heteroatoms. The molecule has 1 heterocycles. The van der Waals surface area contributed by atoms with Crippen molar-refractivity contribution in [3.63, 3.8) is 0 Å². The fraction of sp³-hybridized carbons (Fsp3) is 0.188. The van der Waals surface area contributed by atoms with Gasteiger partial charge in [-0.2, -0.15) is 0 Å². The number of methoxy groups -OCH3 is 1. The highest BCUT2D eigenvalue weighted by molar-refractivity contribution is 6.04. The molecule has 132 valence electrons. The van der Waals surface area contributed by atoms with Crippen molar-refractivity contribution >= 4 is 22.8 Å². The molecule has 2 rings (SSSR count). The maximum atomic E-state index is 12.6. The number of benzene rings is 1. The van der Waals surface area contributed by atoms with Gasteiger partial charge in [0.25, 0.3) is 11.5 Å². The average Bonchev–Trinajstić information content (AvgIpc) is 2.59. The Labute approximate surface area is 141 Å². The zero-order chi connectivity index (χ0) is 18.6. The summed E-state index contributed by atoms with van der Waals surface area (Å²) in [5, 5.41) is 21.2. The van der Waals surface area contributed by atoms with Gasteiger partial charge < -0.3 is 25.1 Å². The molecule has 0 saturated heterocycles. The van der Waals surface area contributed by atoms with Crippen LogP contribution >= 0.6 is 0 Å². The predicted molar refractivity (Wildman–Crippen MR) is 88.0 cm³/mol. The lowest BCUT2D eigenvalue weighted by atomic mass is 10.1. The number of aliphatic carboxylic acids is 1. The molecule has 1 amide bonds. The van der Waals surface area contributed by atoms with E-state index in [9.17, 15) is 19.5 Å². The maximum absolute atomic E-state index is 12.6. The summed E-state index contributed by atoms with van der Waals surface area (Å²) in [6.45, 7) is 2.73. The van der Waals surface area contributed by atoms with Crippen molar-refractivity contribution in [2.75, 3.05) is 20.3 Å². The molecule has 1 aromatic carbocycles. The van der Waals surface area contributed by atoms with E-state index in [0.29, 0.717) is 0 Å². The van der Waals surface area contributed by atoms with E-state index in [1.54, 1.807) is 12.1 Å². The first-order valence-electron chi connectivity index (χ1n) is 7.11. The number of para-hydroxylation sites is 1. The van der Waals surface area contributed by atoms with Gasteiger partial charge in [0, 0.05) is 5.39 Å². The summed E-state index contributed by atoms with van der Waals surface area (Å²) in [7, 11) is 1.38. The summed E-state index contributed by atoms with van der Waals surface area (Å²) < 4.78 is 5.99. The van der Waals surface area contributed by atoms with Gasteiger partial charge >= 0.3 is 5.97 Å². The largest absolute Gasteiger partial charge is 0.506 e. The van der Waals surface area contributed by atoms with Crippen molar-refractivity contribution in [1.29, 1.82) is 0 Å². The number of aromatic hydroxyl groups is 1. The smallest absolute Gasteiger partial charge is 0.322 e. The highest BCUT2D eigenvalue weighted by Crippen LogP contribution is 2.31. The van der Waals surface area contributed by atoms with Crippen LogP contribution in [0.4, 0.5) is 0 Å². The summed E-state index contributed by atoms with van der Waals surface area (Å²) in [5.41, 5.74) is -1.46. The number of nitrogens with one attached hydrogen (secondary N) is 1. The van der Waals surface area contributed by atoms with E-state index in [1.165, 1.54) is 19.3 Å². The van der Waals surface area contributed by atoms with Crippen molar-refractivity contribution in [1.82, 2.24) is 10.0 Å². The van der Waals surface area contributed by atoms with Gasteiger partial charge in [0.1, 0.15) is 30.2 Å². The number of hydrogen-bond acceptors (Lipinski definition) is 6. The average molecular weight is 348 g/mol. The van der Waals surface area contributed by atoms with Gasteiger partial charge in [-0.1, -0.05) is 18.7 Å². The lowest BCUT2D eigenvalue weighted by molar-refractivity contribution is -0.135. The van der Waals surface area contributed by atoms with Gasteiger partial charge in [-0.05, 0) is 12.1 Å². The van der Waals surface area contributed by atoms with Crippen LogP contribution < -0.4 is 20.5 Å². The first-order valence-corrected chi connectivity index (χ1v) is 7.11. The normalized spacial score (nSPS) is 10.3. The van der Waals surface area contributed by atoms with E-state index < -0.39 is 35.3 Å². The molecule has 0 unspecified atom stereocenters. The van der Waals surface area contributed by atoms with Crippen molar-refractivity contribution < 1.29 is 29.4 Å². The third-order valence-electron chi connectivity index (χ3n) is 3.26. The molecule has 2 aromatic rings. The molecule has 0 aliphatic carbocycles. The van der Waals surface area contributed by atoms with E-state index >= 15 is 0 Å². The van der Waals surface area contributed by atoms with Crippen LogP contribution in [-0.2, 0) is 4.79 Å². The highest BCUT2D eigenvalue weighted by atomic mass is 16.7. The Morgan fingerprint density at radius 3 is 2.72 bits per heavy atom. The SMILES string of the molecule is C=CCOn1c(=O)c(C(=O)NCC(=O)O)c(O)c2cccc(OC)c21. The van der Waals surface area contributed by atoms with Crippen molar-refractivity contribution in [2.45, 2.75) is 0 Å². The molecular weight excluding hydrogens is 332 g/mol. The van der Waals surface area contributed by atoms with E-state index in [4.69, 9.17) is 14.7 Å². The number of fused-ring (bicyclic) bond motifs is 1. The van der Waals surface area contributed by atoms with Crippen LogP contribution in [0.2, 0.25) is 0 Å². The Hall–Kier alpha value is -3.49. The topological polar surface area (TPSA) is 127 Å². The summed E-state index contributed by atoms with van der Waals surface area (Å²) >= 11 is 0. The Kier molecular flexibility index (Phi) is 5.28. The van der Waals surface area contributed by atoms with Crippen molar-refractivity contribution in [3.8, 4) is 11.5 Å². The molecule has 0 radical (unpaired) electrons. The van der Waals surface area contributed by atoms with Gasteiger partial charge in [-0.3, -0.25) is 14.4 Å². The van der Waals surface area contributed by atoms with E-state index in [2.05, 4.69) is 6.58 Å². The van der Waals surface area contributed by atoms with Gasteiger partial charge in [0.2, 0.25) is 0 Å². The molecule has 3 N–H and O–H groups in total.